The maximum atomic E-state index is 13.3. The zero-order chi connectivity index (χ0) is 25.4. The van der Waals surface area contributed by atoms with Gasteiger partial charge in [0.2, 0.25) is 5.91 Å². The van der Waals surface area contributed by atoms with E-state index in [0.717, 1.165) is 52.6 Å². The van der Waals surface area contributed by atoms with Crippen LogP contribution in [0, 0.1) is 0 Å². The molecule has 0 bridgehead atoms. The van der Waals surface area contributed by atoms with Gasteiger partial charge in [0.05, 0.1) is 29.8 Å². The SMILES string of the molecule is CCOC(=O)N1CCc2c(sc(NC(=O)Cc3cccc4ccccc34)c2-c2nc3ccccc3s2)C1. The monoisotopic (exact) mass is 527 g/mol. The smallest absolute Gasteiger partial charge is 0.410 e. The van der Waals surface area contributed by atoms with E-state index in [4.69, 9.17) is 9.72 Å². The summed E-state index contributed by atoms with van der Waals surface area (Å²) in [7, 11) is 0. The molecular formula is C29H25N3O3S2. The Balaban J connectivity index is 1.35. The van der Waals surface area contributed by atoms with Crippen molar-refractivity contribution in [1.82, 2.24) is 9.88 Å². The summed E-state index contributed by atoms with van der Waals surface area (Å²) >= 11 is 3.16. The first kappa shape index (κ1) is 23.6. The van der Waals surface area contributed by atoms with E-state index < -0.39 is 0 Å². The summed E-state index contributed by atoms with van der Waals surface area (Å²) in [5.74, 6) is -0.0699. The summed E-state index contributed by atoms with van der Waals surface area (Å²) in [5.41, 5.74) is 4.08. The highest BCUT2D eigenvalue weighted by molar-refractivity contribution is 7.23. The predicted octanol–water partition coefficient (Wildman–Crippen LogP) is 6.87. The lowest BCUT2D eigenvalue weighted by Crippen LogP contribution is -2.35. The van der Waals surface area contributed by atoms with Gasteiger partial charge in [-0.1, -0.05) is 54.6 Å². The molecule has 0 fully saturated rings. The Hall–Kier alpha value is -3.75. The molecule has 1 aliphatic heterocycles. The average molecular weight is 528 g/mol. The summed E-state index contributed by atoms with van der Waals surface area (Å²) in [6.45, 7) is 3.20. The maximum absolute atomic E-state index is 13.3. The molecule has 0 atom stereocenters. The third-order valence-corrected chi connectivity index (χ3v) is 8.76. The van der Waals surface area contributed by atoms with Crippen LogP contribution in [0.25, 0.3) is 31.6 Å². The second kappa shape index (κ2) is 9.95. The van der Waals surface area contributed by atoms with Crippen molar-refractivity contribution in [2.24, 2.45) is 0 Å². The van der Waals surface area contributed by atoms with Crippen LogP contribution in [-0.2, 0) is 28.9 Å². The van der Waals surface area contributed by atoms with Gasteiger partial charge in [-0.3, -0.25) is 4.79 Å². The van der Waals surface area contributed by atoms with E-state index in [1.807, 2.05) is 49.4 Å². The fourth-order valence-electron chi connectivity index (χ4n) is 4.86. The number of amides is 2. The fourth-order valence-corrected chi connectivity index (χ4v) is 7.25. The molecule has 3 aromatic carbocycles. The molecule has 0 saturated heterocycles. The number of rotatable bonds is 5. The van der Waals surface area contributed by atoms with Gasteiger partial charge in [0, 0.05) is 17.0 Å². The zero-order valence-electron chi connectivity index (χ0n) is 20.3. The van der Waals surface area contributed by atoms with Gasteiger partial charge in [0.1, 0.15) is 10.0 Å². The molecular weight excluding hydrogens is 502 g/mol. The van der Waals surface area contributed by atoms with E-state index in [1.165, 1.54) is 11.3 Å². The van der Waals surface area contributed by atoms with Crippen LogP contribution in [0.15, 0.2) is 66.7 Å². The van der Waals surface area contributed by atoms with Crippen LogP contribution in [0.5, 0.6) is 0 Å². The molecule has 5 aromatic rings. The van der Waals surface area contributed by atoms with Crippen LogP contribution in [0.2, 0.25) is 0 Å². The van der Waals surface area contributed by atoms with Crippen molar-refractivity contribution in [2.75, 3.05) is 18.5 Å². The highest BCUT2D eigenvalue weighted by Crippen LogP contribution is 2.45. The molecule has 0 aliphatic carbocycles. The van der Waals surface area contributed by atoms with Crippen LogP contribution in [-0.4, -0.2) is 35.0 Å². The number of nitrogens with one attached hydrogen (secondary N) is 1. The minimum atomic E-state index is -0.301. The van der Waals surface area contributed by atoms with E-state index in [9.17, 15) is 9.59 Å². The Labute approximate surface area is 222 Å². The molecule has 8 heteroatoms. The number of benzene rings is 3. The first-order valence-electron chi connectivity index (χ1n) is 12.3. The molecule has 37 heavy (non-hydrogen) atoms. The van der Waals surface area contributed by atoms with Crippen LogP contribution in [0.3, 0.4) is 0 Å². The topological polar surface area (TPSA) is 71.5 Å². The maximum Gasteiger partial charge on any atom is 0.410 e. The Bertz CT molecular complexity index is 1600. The molecule has 0 spiro atoms. The van der Waals surface area contributed by atoms with Gasteiger partial charge < -0.3 is 15.0 Å². The molecule has 3 heterocycles. The van der Waals surface area contributed by atoms with Gasteiger partial charge >= 0.3 is 6.09 Å². The largest absolute Gasteiger partial charge is 0.450 e. The van der Waals surface area contributed by atoms with Gasteiger partial charge in [-0.2, -0.15) is 0 Å². The first-order chi connectivity index (χ1) is 18.1. The van der Waals surface area contributed by atoms with Crippen LogP contribution >= 0.6 is 22.7 Å². The van der Waals surface area contributed by atoms with Crippen molar-refractivity contribution in [3.05, 3.63) is 82.7 Å². The van der Waals surface area contributed by atoms with Crippen molar-refractivity contribution in [2.45, 2.75) is 26.3 Å². The van der Waals surface area contributed by atoms with E-state index in [-0.39, 0.29) is 18.4 Å². The fraction of sp³-hybridized carbons (Fsp3) is 0.207. The Morgan fingerprint density at radius 2 is 1.84 bits per heavy atom. The lowest BCUT2D eigenvalue weighted by atomic mass is 10.0. The molecule has 6 nitrogen and oxygen atoms in total. The van der Waals surface area contributed by atoms with Gasteiger partial charge in [-0.25, -0.2) is 9.78 Å². The van der Waals surface area contributed by atoms with Crippen LogP contribution in [0.4, 0.5) is 9.80 Å². The Kier molecular flexibility index (Phi) is 6.36. The van der Waals surface area contributed by atoms with Crippen molar-refractivity contribution < 1.29 is 14.3 Å². The standard InChI is InChI=1S/C29H25N3O3S2/c1-2-35-29(34)32-15-14-21-24(17-32)37-28(26(21)27-30-22-12-5-6-13-23(22)36-27)31-25(33)16-19-10-7-9-18-8-3-4-11-20(18)19/h3-13H,2,14-17H2,1H3,(H,31,33). The van der Waals surface area contributed by atoms with Crippen molar-refractivity contribution in [3.8, 4) is 10.6 Å². The highest BCUT2D eigenvalue weighted by atomic mass is 32.1. The molecule has 2 aromatic heterocycles. The molecule has 1 aliphatic rings. The van der Waals surface area contributed by atoms with E-state index in [2.05, 4.69) is 29.6 Å². The third kappa shape index (κ3) is 4.58. The zero-order valence-corrected chi connectivity index (χ0v) is 22.0. The van der Waals surface area contributed by atoms with Crippen molar-refractivity contribution in [3.63, 3.8) is 0 Å². The number of hydrogen-bond donors (Lipinski definition) is 1. The van der Waals surface area contributed by atoms with E-state index >= 15 is 0 Å². The summed E-state index contributed by atoms with van der Waals surface area (Å²) in [4.78, 5) is 33.4. The van der Waals surface area contributed by atoms with Crippen LogP contribution < -0.4 is 5.32 Å². The quantitative estimate of drug-likeness (QED) is 0.271. The molecule has 0 saturated carbocycles. The second-order valence-corrected chi connectivity index (χ2v) is 11.1. The number of thiazole rings is 1. The number of thiophene rings is 1. The third-order valence-electron chi connectivity index (χ3n) is 6.57. The number of carbonyl (C=O) groups is 2. The Morgan fingerprint density at radius 3 is 2.70 bits per heavy atom. The highest BCUT2D eigenvalue weighted by Gasteiger charge is 2.30. The predicted molar refractivity (Wildman–Crippen MR) is 150 cm³/mol. The Morgan fingerprint density at radius 1 is 1.03 bits per heavy atom. The molecule has 2 amide bonds. The van der Waals surface area contributed by atoms with Gasteiger partial charge in [-0.15, -0.1) is 22.7 Å². The van der Waals surface area contributed by atoms with Crippen LogP contribution in [0.1, 0.15) is 22.9 Å². The molecule has 6 rings (SSSR count). The molecule has 1 N–H and O–H groups in total. The number of nitrogens with zero attached hydrogens (tertiary/aromatic N) is 2. The lowest BCUT2D eigenvalue weighted by Gasteiger charge is -2.26. The minimum Gasteiger partial charge on any atom is -0.450 e. The lowest BCUT2D eigenvalue weighted by molar-refractivity contribution is -0.115. The average Bonchev–Trinajstić information content (AvgIpc) is 3.49. The summed E-state index contributed by atoms with van der Waals surface area (Å²) in [6.07, 6.45) is 0.664. The molecule has 186 valence electrons. The van der Waals surface area contributed by atoms with Crippen molar-refractivity contribution in [1.29, 1.82) is 0 Å². The van der Waals surface area contributed by atoms with Gasteiger partial charge in [0.15, 0.2) is 0 Å². The van der Waals surface area contributed by atoms with E-state index in [0.29, 0.717) is 26.1 Å². The molecule has 0 unspecified atom stereocenters. The van der Waals surface area contributed by atoms with Gasteiger partial charge in [-0.05, 0) is 47.4 Å². The minimum absolute atomic E-state index is 0.0699. The van der Waals surface area contributed by atoms with E-state index in [1.54, 1.807) is 16.2 Å². The number of hydrogen-bond acceptors (Lipinski definition) is 6. The van der Waals surface area contributed by atoms with Gasteiger partial charge in [0.25, 0.3) is 0 Å². The summed E-state index contributed by atoms with van der Waals surface area (Å²) in [5, 5.41) is 7.09. The number of aromatic nitrogens is 1. The summed E-state index contributed by atoms with van der Waals surface area (Å²) in [6, 6.07) is 22.2. The number of carbonyl (C=O) groups excluding carboxylic acids is 2. The van der Waals surface area contributed by atoms with Crippen molar-refractivity contribution >= 4 is 60.7 Å². The number of fused-ring (bicyclic) bond motifs is 3. The second-order valence-electron chi connectivity index (χ2n) is 8.93. The first-order valence-corrected chi connectivity index (χ1v) is 13.9. The normalized spacial score (nSPS) is 13.1. The number of para-hydroxylation sites is 1. The summed E-state index contributed by atoms with van der Waals surface area (Å²) < 4.78 is 6.34. The number of anilines is 1. The molecule has 0 radical (unpaired) electrons. The number of ether oxygens (including phenoxy) is 1.